The first-order valence-electron chi connectivity index (χ1n) is 5.54. The maximum Gasteiger partial charge on any atom is 0.242 e. The van der Waals surface area contributed by atoms with E-state index in [9.17, 15) is 8.42 Å². The second-order valence-corrected chi connectivity index (χ2v) is 5.98. The zero-order valence-electron chi connectivity index (χ0n) is 10.7. The lowest BCUT2D eigenvalue weighted by molar-refractivity contribution is 0.387. The monoisotopic (exact) mass is 317 g/mol. The number of hydrogen-bond acceptors (Lipinski definition) is 7. The van der Waals surface area contributed by atoms with Gasteiger partial charge >= 0.3 is 0 Å². The standard InChI is InChI=1S/C10H12ClN5O3S/c1-6-15-9(16-19-6)5-14-20(17,18)7-3-8(11)10(12-2)13-4-7/h3-4,14H,5H2,1-2H3,(H,12,13). The Morgan fingerprint density at radius 3 is 2.75 bits per heavy atom. The zero-order valence-corrected chi connectivity index (χ0v) is 12.3. The fraction of sp³-hybridized carbons (Fsp3) is 0.300. The highest BCUT2D eigenvalue weighted by molar-refractivity contribution is 7.89. The van der Waals surface area contributed by atoms with Crippen molar-refractivity contribution < 1.29 is 12.9 Å². The second-order valence-electron chi connectivity index (χ2n) is 3.81. The van der Waals surface area contributed by atoms with Gasteiger partial charge in [0.1, 0.15) is 10.7 Å². The first kappa shape index (κ1) is 14.7. The van der Waals surface area contributed by atoms with E-state index in [1.54, 1.807) is 14.0 Å². The van der Waals surface area contributed by atoms with E-state index in [1.807, 2.05) is 0 Å². The molecule has 0 radical (unpaired) electrons. The van der Waals surface area contributed by atoms with Crippen molar-refractivity contribution in [2.45, 2.75) is 18.4 Å². The Kier molecular flexibility index (Phi) is 4.21. The lowest BCUT2D eigenvalue weighted by Gasteiger charge is -2.07. The summed E-state index contributed by atoms with van der Waals surface area (Å²) < 4.78 is 31.2. The third kappa shape index (κ3) is 3.24. The summed E-state index contributed by atoms with van der Waals surface area (Å²) in [5, 5.41) is 6.55. The van der Waals surface area contributed by atoms with E-state index >= 15 is 0 Å². The number of hydrogen-bond donors (Lipinski definition) is 2. The number of nitrogens with one attached hydrogen (secondary N) is 2. The summed E-state index contributed by atoms with van der Waals surface area (Å²) in [6.07, 6.45) is 1.21. The van der Waals surface area contributed by atoms with E-state index in [0.29, 0.717) is 11.7 Å². The Morgan fingerprint density at radius 2 is 2.20 bits per heavy atom. The van der Waals surface area contributed by atoms with E-state index in [-0.39, 0.29) is 22.3 Å². The molecule has 2 aromatic heterocycles. The van der Waals surface area contributed by atoms with Gasteiger partial charge < -0.3 is 9.84 Å². The third-order valence-electron chi connectivity index (χ3n) is 2.35. The number of rotatable bonds is 5. The molecule has 10 heteroatoms. The van der Waals surface area contributed by atoms with E-state index in [2.05, 4.69) is 25.2 Å². The summed E-state index contributed by atoms with van der Waals surface area (Å²) in [5.41, 5.74) is 0. The van der Waals surface area contributed by atoms with Gasteiger partial charge in [0.15, 0.2) is 5.82 Å². The van der Waals surface area contributed by atoms with Crippen molar-refractivity contribution in [1.82, 2.24) is 19.8 Å². The number of pyridine rings is 1. The van der Waals surface area contributed by atoms with Gasteiger partial charge in [-0.05, 0) is 6.07 Å². The Labute approximate surface area is 120 Å². The summed E-state index contributed by atoms with van der Waals surface area (Å²) in [7, 11) is -2.10. The predicted octanol–water partition coefficient (Wildman–Crippen LogP) is 0.947. The highest BCUT2D eigenvalue weighted by Gasteiger charge is 2.17. The molecule has 0 unspecified atom stereocenters. The molecule has 20 heavy (non-hydrogen) atoms. The largest absolute Gasteiger partial charge is 0.372 e. The molecule has 0 aliphatic heterocycles. The van der Waals surface area contributed by atoms with Crippen molar-refractivity contribution in [3.63, 3.8) is 0 Å². The lowest BCUT2D eigenvalue weighted by Crippen LogP contribution is -2.24. The number of aryl methyl sites for hydroxylation is 1. The maximum absolute atomic E-state index is 12.0. The first-order chi connectivity index (χ1) is 9.42. The molecule has 0 bridgehead atoms. The van der Waals surface area contributed by atoms with Gasteiger partial charge in [-0.25, -0.2) is 18.1 Å². The van der Waals surface area contributed by atoms with Crippen molar-refractivity contribution in [3.05, 3.63) is 29.0 Å². The third-order valence-corrected chi connectivity index (χ3v) is 4.01. The molecule has 0 atom stereocenters. The summed E-state index contributed by atoms with van der Waals surface area (Å²) in [5.74, 6) is 1.01. The van der Waals surface area contributed by atoms with Gasteiger partial charge in [0, 0.05) is 20.2 Å². The summed E-state index contributed by atoms with van der Waals surface area (Å²) >= 11 is 5.90. The molecular formula is C10H12ClN5O3S. The van der Waals surface area contributed by atoms with E-state index in [1.165, 1.54) is 12.3 Å². The van der Waals surface area contributed by atoms with Gasteiger partial charge in [0.25, 0.3) is 0 Å². The Morgan fingerprint density at radius 1 is 1.45 bits per heavy atom. The SMILES string of the molecule is CNc1ncc(S(=O)(=O)NCc2noc(C)n2)cc1Cl. The van der Waals surface area contributed by atoms with Crippen LogP contribution in [0.1, 0.15) is 11.7 Å². The number of halogens is 1. The first-order valence-corrected chi connectivity index (χ1v) is 7.40. The predicted molar refractivity (Wildman–Crippen MR) is 71.9 cm³/mol. The fourth-order valence-corrected chi connectivity index (χ4v) is 2.68. The topological polar surface area (TPSA) is 110 Å². The minimum atomic E-state index is -3.74. The van der Waals surface area contributed by atoms with Gasteiger partial charge in [-0.1, -0.05) is 16.8 Å². The number of aromatic nitrogens is 3. The summed E-state index contributed by atoms with van der Waals surface area (Å²) in [6, 6.07) is 1.31. The smallest absolute Gasteiger partial charge is 0.242 e. The zero-order chi connectivity index (χ0) is 14.8. The summed E-state index contributed by atoms with van der Waals surface area (Å²) in [4.78, 5) is 7.77. The van der Waals surface area contributed by atoms with Crippen molar-refractivity contribution in [2.75, 3.05) is 12.4 Å². The van der Waals surface area contributed by atoms with Crippen LogP contribution >= 0.6 is 11.6 Å². The number of nitrogens with zero attached hydrogens (tertiary/aromatic N) is 3. The van der Waals surface area contributed by atoms with Crippen LogP contribution in [0.5, 0.6) is 0 Å². The maximum atomic E-state index is 12.0. The van der Waals surface area contributed by atoms with Crippen molar-refractivity contribution in [2.24, 2.45) is 0 Å². The van der Waals surface area contributed by atoms with Crippen LogP contribution in [-0.4, -0.2) is 30.6 Å². The lowest BCUT2D eigenvalue weighted by atomic mass is 10.4. The number of sulfonamides is 1. The molecule has 0 aromatic carbocycles. The molecule has 8 nitrogen and oxygen atoms in total. The van der Waals surface area contributed by atoms with Gasteiger partial charge in [0.05, 0.1) is 11.6 Å². The average Bonchev–Trinajstić information content (AvgIpc) is 2.82. The van der Waals surface area contributed by atoms with Crippen LogP contribution < -0.4 is 10.0 Å². The van der Waals surface area contributed by atoms with Gasteiger partial charge in [-0.15, -0.1) is 0 Å². The van der Waals surface area contributed by atoms with Crippen LogP contribution in [0.25, 0.3) is 0 Å². The Balaban J connectivity index is 2.15. The normalized spacial score (nSPS) is 11.6. The molecule has 0 saturated heterocycles. The molecule has 2 aromatic rings. The molecule has 0 amide bonds. The van der Waals surface area contributed by atoms with Crippen LogP contribution in [-0.2, 0) is 16.6 Å². The molecule has 0 spiro atoms. The van der Waals surface area contributed by atoms with Crippen LogP contribution in [0, 0.1) is 6.92 Å². The summed E-state index contributed by atoms with van der Waals surface area (Å²) in [6.45, 7) is 1.54. The second kappa shape index (κ2) is 5.73. The van der Waals surface area contributed by atoms with Crippen LogP contribution in [0.2, 0.25) is 5.02 Å². The van der Waals surface area contributed by atoms with E-state index in [0.717, 1.165) is 0 Å². The van der Waals surface area contributed by atoms with Crippen molar-refractivity contribution in [3.8, 4) is 0 Å². The van der Waals surface area contributed by atoms with Gasteiger partial charge in [-0.3, -0.25) is 0 Å². The fourth-order valence-electron chi connectivity index (χ4n) is 1.41. The van der Waals surface area contributed by atoms with Gasteiger partial charge in [0.2, 0.25) is 15.9 Å². The highest BCUT2D eigenvalue weighted by Crippen LogP contribution is 2.21. The molecule has 2 N–H and O–H groups in total. The molecule has 2 heterocycles. The minimum Gasteiger partial charge on any atom is -0.372 e. The number of anilines is 1. The molecule has 0 aliphatic carbocycles. The van der Waals surface area contributed by atoms with Crippen LogP contribution in [0.15, 0.2) is 21.7 Å². The highest BCUT2D eigenvalue weighted by atomic mass is 35.5. The molecular weight excluding hydrogens is 306 g/mol. The van der Waals surface area contributed by atoms with E-state index in [4.69, 9.17) is 16.1 Å². The minimum absolute atomic E-state index is 0.0401. The van der Waals surface area contributed by atoms with Crippen LogP contribution in [0.4, 0.5) is 5.82 Å². The van der Waals surface area contributed by atoms with Gasteiger partial charge in [-0.2, -0.15) is 4.98 Å². The Bertz CT molecular complexity index is 715. The molecule has 108 valence electrons. The molecule has 0 saturated carbocycles. The van der Waals surface area contributed by atoms with Crippen molar-refractivity contribution >= 4 is 27.4 Å². The quantitative estimate of drug-likeness (QED) is 0.844. The molecule has 0 fully saturated rings. The molecule has 0 aliphatic rings. The Hall–Kier alpha value is -1.71. The molecule has 2 rings (SSSR count). The van der Waals surface area contributed by atoms with E-state index < -0.39 is 10.0 Å². The van der Waals surface area contributed by atoms with Crippen LogP contribution in [0.3, 0.4) is 0 Å². The van der Waals surface area contributed by atoms with Crippen molar-refractivity contribution in [1.29, 1.82) is 0 Å². The average molecular weight is 318 g/mol.